The molecule has 0 aliphatic carbocycles. The maximum absolute atomic E-state index is 9.17. The van der Waals surface area contributed by atoms with E-state index in [1.165, 1.54) is 5.69 Å². The van der Waals surface area contributed by atoms with Crippen LogP contribution < -0.4 is 15.3 Å². The minimum absolute atomic E-state index is 0.333. The van der Waals surface area contributed by atoms with Crippen LogP contribution in [0.25, 0.3) is 11.0 Å². The van der Waals surface area contributed by atoms with Gasteiger partial charge in [0.25, 0.3) is 0 Å². The SMILES string of the molecule is Cn1c(N2CCN(c3ccc(B4OC(C)(C)C(C)(C)O4)cc3)CC2)nc2cc(C#N)ccc21. The molecule has 2 aromatic carbocycles. The van der Waals surface area contributed by atoms with Crippen LogP contribution in [-0.4, -0.2) is 54.1 Å². The maximum Gasteiger partial charge on any atom is 0.494 e. The Balaban J connectivity index is 1.26. The van der Waals surface area contributed by atoms with Gasteiger partial charge in [0.2, 0.25) is 5.95 Å². The number of hydrogen-bond donors (Lipinski definition) is 0. The molecule has 3 heterocycles. The van der Waals surface area contributed by atoms with Crippen molar-refractivity contribution in [2.45, 2.75) is 38.9 Å². The molecule has 1 aromatic heterocycles. The molecule has 33 heavy (non-hydrogen) atoms. The number of rotatable bonds is 3. The van der Waals surface area contributed by atoms with E-state index in [0.29, 0.717) is 5.56 Å². The Labute approximate surface area is 195 Å². The van der Waals surface area contributed by atoms with Gasteiger partial charge in [0.1, 0.15) is 0 Å². The second-order valence-electron chi connectivity index (χ2n) is 9.94. The monoisotopic (exact) mass is 443 g/mol. The number of fused-ring (bicyclic) bond motifs is 1. The Kier molecular flexibility index (Phi) is 5.15. The van der Waals surface area contributed by atoms with E-state index in [0.717, 1.165) is 48.6 Å². The summed E-state index contributed by atoms with van der Waals surface area (Å²) in [6.07, 6.45) is 0. The van der Waals surface area contributed by atoms with Crippen LogP contribution in [0.5, 0.6) is 0 Å². The number of piperazine rings is 1. The van der Waals surface area contributed by atoms with Gasteiger partial charge in [0.05, 0.1) is 33.9 Å². The van der Waals surface area contributed by atoms with Crippen molar-refractivity contribution < 1.29 is 9.31 Å². The molecular formula is C25H30BN5O2. The Hall–Kier alpha value is -3.02. The number of imidazole rings is 1. The van der Waals surface area contributed by atoms with Gasteiger partial charge in [-0.2, -0.15) is 5.26 Å². The average molecular weight is 443 g/mol. The summed E-state index contributed by atoms with van der Waals surface area (Å²) in [4.78, 5) is 9.54. The fourth-order valence-electron chi connectivity index (χ4n) is 4.53. The summed E-state index contributed by atoms with van der Waals surface area (Å²) in [5.74, 6) is 0.954. The van der Waals surface area contributed by atoms with E-state index in [1.807, 2.05) is 25.2 Å². The molecule has 0 spiro atoms. The molecule has 2 aliphatic rings. The van der Waals surface area contributed by atoms with E-state index in [-0.39, 0.29) is 18.3 Å². The first-order chi connectivity index (χ1) is 15.7. The third-order valence-electron chi connectivity index (χ3n) is 7.33. The fourth-order valence-corrected chi connectivity index (χ4v) is 4.53. The third kappa shape index (κ3) is 3.75. The predicted molar refractivity (Wildman–Crippen MR) is 132 cm³/mol. The van der Waals surface area contributed by atoms with Crippen molar-refractivity contribution in [3.63, 3.8) is 0 Å². The van der Waals surface area contributed by atoms with Gasteiger partial charge in [-0.15, -0.1) is 0 Å². The molecule has 7 nitrogen and oxygen atoms in total. The molecule has 0 saturated carbocycles. The summed E-state index contributed by atoms with van der Waals surface area (Å²) in [5, 5.41) is 9.17. The lowest BCUT2D eigenvalue weighted by molar-refractivity contribution is 0.00578. The molecule has 0 amide bonds. The molecule has 2 fully saturated rings. The first-order valence-electron chi connectivity index (χ1n) is 11.5. The summed E-state index contributed by atoms with van der Waals surface area (Å²) in [5.41, 5.74) is 4.14. The maximum atomic E-state index is 9.17. The molecule has 2 saturated heterocycles. The van der Waals surface area contributed by atoms with Crippen LogP contribution in [0.15, 0.2) is 42.5 Å². The summed E-state index contributed by atoms with van der Waals surface area (Å²) >= 11 is 0. The van der Waals surface area contributed by atoms with Gasteiger partial charge in [-0.05, 0) is 63.5 Å². The topological polar surface area (TPSA) is 66.6 Å². The van der Waals surface area contributed by atoms with Gasteiger partial charge in [-0.1, -0.05) is 12.1 Å². The van der Waals surface area contributed by atoms with Crippen LogP contribution >= 0.6 is 0 Å². The number of benzene rings is 2. The molecular weight excluding hydrogens is 413 g/mol. The van der Waals surface area contributed by atoms with Crippen LogP contribution in [0.2, 0.25) is 0 Å². The molecule has 5 rings (SSSR count). The van der Waals surface area contributed by atoms with Crippen molar-refractivity contribution in [2.24, 2.45) is 7.05 Å². The zero-order chi connectivity index (χ0) is 23.4. The van der Waals surface area contributed by atoms with E-state index in [9.17, 15) is 0 Å². The van der Waals surface area contributed by atoms with E-state index >= 15 is 0 Å². The number of hydrogen-bond acceptors (Lipinski definition) is 6. The highest BCUT2D eigenvalue weighted by molar-refractivity contribution is 6.62. The van der Waals surface area contributed by atoms with E-state index < -0.39 is 0 Å². The van der Waals surface area contributed by atoms with Gasteiger partial charge in [0, 0.05) is 38.9 Å². The minimum atomic E-state index is -0.335. The number of nitriles is 1. The Morgan fingerprint density at radius 1 is 0.909 bits per heavy atom. The van der Waals surface area contributed by atoms with Crippen molar-refractivity contribution in [1.82, 2.24) is 9.55 Å². The van der Waals surface area contributed by atoms with Gasteiger partial charge < -0.3 is 23.7 Å². The number of aryl methyl sites for hydroxylation is 1. The van der Waals surface area contributed by atoms with Gasteiger partial charge in [0.15, 0.2) is 0 Å². The smallest absolute Gasteiger partial charge is 0.399 e. The Morgan fingerprint density at radius 3 is 2.12 bits per heavy atom. The van der Waals surface area contributed by atoms with Crippen molar-refractivity contribution in [3.8, 4) is 6.07 Å². The van der Waals surface area contributed by atoms with E-state index in [4.69, 9.17) is 19.6 Å². The zero-order valence-corrected chi connectivity index (χ0v) is 20.0. The molecule has 3 aromatic rings. The molecule has 0 atom stereocenters. The van der Waals surface area contributed by atoms with E-state index in [1.54, 1.807) is 0 Å². The summed E-state index contributed by atoms with van der Waals surface area (Å²) < 4.78 is 14.5. The van der Waals surface area contributed by atoms with Crippen LogP contribution in [-0.2, 0) is 16.4 Å². The standard InChI is InChI=1S/C25H30BN5O2/c1-24(2)25(3,4)33-26(32-24)19-7-9-20(10-8-19)30-12-14-31(15-13-30)23-28-21-16-18(17-27)6-11-22(21)29(23)5/h6-11,16H,12-15H2,1-5H3. The molecule has 0 unspecified atom stereocenters. The lowest BCUT2D eigenvalue weighted by atomic mass is 9.79. The van der Waals surface area contributed by atoms with Crippen molar-refractivity contribution >= 4 is 35.3 Å². The largest absolute Gasteiger partial charge is 0.494 e. The van der Waals surface area contributed by atoms with Crippen molar-refractivity contribution in [1.29, 1.82) is 5.26 Å². The quantitative estimate of drug-likeness (QED) is 0.580. The Bertz CT molecular complexity index is 1200. The van der Waals surface area contributed by atoms with Gasteiger partial charge >= 0.3 is 7.12 Å². The molecule has 170 valence electrons. The molecule has 8 heteroatoms. The highest BCUT2D eigenvalue weighted by atomic mass is 16.7. The lowest BCUT2D eigenvalue weighted by Crippen LogP contribution is -2.47. The highest BCUT2D eigenvalue weighted by Gasteiger charge is 2.51. The van der Waals surface area contributed by atoms with Gasteiger partial charge in [-0.25, -0.2) is 4.98 Å². The lowest BCUT2D eigenvalue weighted by Gasteiger charge is -2.36. The second-order valence-corrected chi connectivity index (χ2v) is 9.94. The average Bonchev–Trinajstić information content (AvgIpc) is 3.25. The van der Waals surface area contributed by atoms with Crippen LogP contribution in [0.4, 0.5) is 11.6 Å². The highest BCUT2D eigenvalue weighted by Crippen LogP contribution is 2.36. The van der Waals surface area contributed by atoms with Crippen LogP contribution in [0.1, 0.15) is 33.3 Å². The molecule has 0 bridgehead atoms. The fraction of sp³-hybridized carbons (Fsp3) is 0.440. The predicted octanol–water partition coefficient (Wildman–Crippen LogP) is 3.07. The normalized spacial score (nSPS) is 19.8. The second kappa shape index (κ2) is 7.79. The molecule has 0 radical (unpaired) electrons. The molecule has 0 N–H and O–H groups in total. The van der Waals surface area contributed by atoms with Crippen LogP contribution in [0.3, 0.4) is 0 Å². The number of aromatic nitrogens is 2. The number of anilines is 2. The third-order valence-corrected chi connectivity index (χ3v) is 7.33. The zero-order valence-electron chi connectivity index (χ0n) is 20.0. The summed E-state index contributed by atoms with van der Waals surface area (Å²) in [7, 11) is 1.71. The Morgan fingerprint density at radius 2 is 1.52 bits per heavy atom. The minimum Gasteiger partial charge on any atom is -0.399 e. The number of nitrogens with zero attached hydrogens (tertiary/aromatic N) is 5. The first-order valence-corrected chi connectivity index (χ1v) is 11.5. The van der Waals surface area contributed by atoms with Crippen molar-refractivity contribution in [3.05, 3.63) is 48.0 Å². The van der Waals surface area contributed by atoms with Crippen LogP contribution in [0, 0.1) is 11.3 Å². The molecule has 2 aliphatic heterocycles. The van der Waals surface area contributed by atoms with Gasteiger partial charge in [-0.3, -0.25) is 0 Å². The first kappa shape index (κ1) is 21.8. The summed E-state index contributed by atoms with van der Waals surface area (Å²) in [6, 6.07) is 16.4. The van der Waals surface area contributed by atoms with E-state index in [2.05, 4.69) is 72.4 Å². The summed E-state index contributed by atoms with van der Waals surface area (Å²) in [6.45, 7) is 11.9. The van der Waals surface area contributed by atoms with Crippen molar-refractivity contribution in [2.75, 3.05) is 36.0 Å².